The Morgan fingerprint density at radius 1 is 1.27 bits per heavy atom. The molecule has 0 aliphatic carbocycles. The molecule has 2 heterocycles. The van der Waals surface area contributed by atoms with Gasteiger partial charge in [-0.15, -0.1) is 12.4 Å². The highest BCUT2D eigenvalue weighted by Gasteiger charge is 2.38. The lowest BCUT2D eigenvalue weighted by Crippen LogP contribution is -2.52. The second-order valence-corrected chi connectivity index (χ2v) is 5.43. The summed E-state index contributed by atoms with van der Waals surface area (Å²) in [5.41, 5.74) is 8.12. The first-order valence-corrected chi connectivity index (χ1v) is 7.06. The van der Waals surface area contributed by atoms with Gasteiger partial charge in [0.2, 0.25) is 11.8 Å². The van der Waals surface area contributed by atoms with Crippen LogP contribution in [0.3, 0.4) is 0 Å². The van der Waals surface area contributed by atoms with Crippen molar-refractivity contribution in [3.63, 3.8) is 0 Å². The summed E-state index contributed by atoms with van der Waals surface area (Å²) in [5.74, 6) is -0.793. The van der Waals surface area contributed by atoms with Crippen molar-refractivity contribution in [2.24, 2.45) is 5.73 Å². The molecule has 2 aliphatic heterocycles. The summed E-state index contributed by atoms with van der Waals surface area (Å²) in [6.07, 6.45) is 1.38. The van der Waals surface area contributed by atoms with Gasteiger partial charge in [0, 0.05) is 18.5 Å². The summed E-state index contributed by atoms with van der Waals surface area (Å²) in [5, 5.41) is 2.30. The predicted molar refractivity (Wildman–Crippen MR) is 82.5 cm³/mol. The van der Waals surface area contributed by atoms with Crippen molar-refractivity contribution < 1.29 is 14.4 Å². The molecule has 1 aromatic rings. The molecule has 3 N–H and O–H groups in total. The van der Waals surface area contributed by atoms with Crippen LogP contribution in [-0.2, 0) is 22.6 Å². The first-order chi connectivity index (χ1) is 10.1. The van der Waals surface area contributed by atoms with E-state index in [-0.39, 0.29) is 36.5 Å². The second kappa shape index (κ2) is 6.46. The molecular formula is C15H18ClN3O3. The summed E-state index contributed by atoms with van der Waals surface area (Å²) in [7, 11) is 0. The van der Waals surface area contributed by atoms with Crippen LogP contribution in [0.5, 0.6) is 0 Å². The van der Waals surface area contributed by atoms with Gasteiger partial charge in [-0.05, 0) is 36.6 Å². The van der Waals surface area contributed by atoms with E-state index in [2.05, 4.69) is 5.32 Å². The fourth-order valence-electron chi connectivity index (χ4n) is 2.92. The lowest BCUT2D eigenvalue weighted by molar-refractivity contribution is -0.136. The van der Waals surface area contributed by atoms with Gasteiger partial charge in [0.05, 0.1) is 0 Å². The number of piperidine rings is 1. The smallest absolute Gasteiger partial charge is 0.255 e. The third kappa shape index (κ3) is 2.84. The lowest BCUT2D eigenvalue weighted by atomic mass is 10.0. The molecule has 3 rings (SSSR count). The van der Waals surface area contributed by atoms with Crippen molar-refractivity contribution in [3.05, 3.63) is 34.9 Å². The van der Waals surface area contributed by atoms with E-state index in [4.69, 9.17) is 5.73 Å². The number of nitrogens with zero attached hydrogens (tertiary/aromatic N) is 1. The van der Waals surface area contributed by atoms with Crippen LogP contribution in [0.4, 0.5) is 0 Å². The number of hydrogen-bond acceptors (Lipinski definition) is 4. The van der Waals surface area contributed by atoms with E-state index < -0.39 is 6.04 Å². The predicted octanol–water partition coefficient (Wildman–Crippen LogP) is 0.371. The molecule has 0 spiro atoms. The Kier molecular flexibility index (Phi) is 4.83. The van der Waals surface area contributed by atoms with Crippen molar-refractivity contribution in [1.29, 1.82) is 0 Å². The third-order valence-corrected chi connectivity index (χ3v) is 4.03. The zero-order valence-electron chi connectivity index (χ0n) is 12.0. The van der Waals surface area contributed by atoms with Crippen LogP contribution >= 0.6 is 12.4 Å². The Hall–Kier alpha value is -1.92. The third-order valence-electron chi connectivity index (χ3n) is 4.03. The maximum absolute atomic E-state index is 12.5. The normalized spacial score (nSPS) is 20.5. The van der Waals surface area contributed by atoms with Gasteiger partial charge in [0.1, 0.15) is 6.04 Å². The molecule has 7 heteroatoms. The zero-order valence-corrected chi connectivity index (χ0v) is 12.8. The standard InChI is InChI=1S/C15H17N3O3.ClH/c16-6-5-9-1-2-10-8-18(15(21)11(10)7-9)12-3-4-13(19)17-14(12)20;/h1-2,7,12H,3-6,8,16H2,(H,17,19,20);1H. The SMILES string of the molecule is Cl.NCCc1ccc2c(c1)C(=O)N(C1CCC(=O)NC1=O)C2. The molecule has 0 bridgehead atoms. The van der Waals surface area contributed by atoms with Crippen LogP contribution in [-0.4, -0.2) is 35.2 Å². The van der Waals surface area contributed by atoms with Crippen molar-refractivity contribution >= 4 is 30.1 Å². The number of hydrogen-bond donors (Lipinski definition) is 2. The van der Waals surface area contributed by atoms with Gasteiger partial charge in [0.25, 0.3) is 5.91 Å². The van der Waals surface area contributed by atoms with Gasteiger partial charge in [0.15, 0.2) is 0 Å². The van der Waals surface area contributed by atoms with Crippen LogP contribution in [0.15, 0.2) is 18.2 Å². The molecule has 1 atom stereocenters. The average Bonchev–Trinajstić information content (AvgIpc) is 2.77. The van der Waals surface area contributed by atoms with Crippen molar-refractivity contribution in [2.75, 3.05) is 6.54 Å². The van der Waals surface area contributed by atoms with E-state index in [9.17, 15) is 14.4 Å². The summed E-state index contributed by atoms with van der Waals surface area (Å²) in [4.78, 5) is 37.2. The van der Waals surface area contributed by atoms with Gasteiger partial charge in [-0.2, -0.15) is 0 Å². The van der Waals surface area contributed by atoms with Gasteiger partial charge < -0.3 is 10.6 Å². The van der Waals surface area contributed by atoms with E-state index in [1.807, 2.05) is 18.2 Å². The van der Waals surface area contributed by atoms with Gasteiger partial charge in [-0.3, -0.25) is 19.7 Å². The number of halogens is 1. The maximum Gasteiger partial charge on any atom is 0.255 e. The van der Waals surface area contributed by atoms with Crippen LogP contribution in [0.25, 0.3) is 0 Å². The Labute approximate surface area is 134 Å². The summed E-state index contributed by atoms with van der Waals surface area (Å²) in [6, 6.07) is 5.19. The fraction of sp³-hybridized carbons (Fsp3) is 0.400. The molecule has 1 aromatic carbocycles. The first-order valence-electron chi connectivity index (χ1n) is 7.06. The number of benzene rings is 1. The number of nitrogens with two attached hydrogens (primary N) is 1. The minimum atomic E-state index is -0.555. The Morgan fingerprint density at radius 3 is 2.73 bits per heavy atom. The number of amides is 3. The number of fused-ring (bicyclic) bond motifs is 1. The molecule has 1 saturated heterocycles. The van der Waals surface area contributed by atoms with Gasteiger partial charge in [-0.25, -0.2) is 0 Å². The maximum atomic E-state index is 12.5. The Balaban J connectivity index is 0.00000176. The highest BCUT2D eigenvalue weighted by Crippen LogP contribution is 2.28. The molecule has 22 heavy (non-hydrogen) atoms. The van der Waals surface area contributed by atoms with Crippen molar-refractivity contribution in [1.82, 2.24) is 10.2 Å². The lowest BCUT2D eigenvalue weighted by Gasteiger charge is -2.29. The topological polar surface area (TPSA) is 92.5 Å². The van der Waals surface area contributed by atoms with Crippen molar-refractivity contribution in [3.8, 4) is 0 Å². The molecule has 1 unspecified atom stereocenters. The van der Waals surface area contributed by atoms with Crippen LogP contribution in [0.1, 0.15) is 34.3 Å². The average molecular weight is 324 g/mol. The molecular weight excluding hydrogens is 306 g/mol. The van der Waals surface area contributed by atoms with Gasteiger partial charge >= 0.3 is 0 Å². The summed E-state index contributed by atoms with van der Waals surface area (Å²) in [6.45, 7) is 0.952. The van der Waals surface area contributed by atoms with Gasteiger partial charge in [-0.1, -0.05) is 12.1 Å². The van der Waals surface area contributed by atoms with Crippen LogP contribution in [0, 0.1) is 0 Å². The largest absolute Gasteiger partial charge is 0.330 e. The molecule has 6 nitrogen and oxygen atoms in total. The fourth-order valence-corrected chi connectivity index (χ4v) is 2.92. The van der Waals surface area contributed by atoms with Crippen LogP contribution < -0.4 is 11.1 Å². The highest BCUT2D eigenvalue weighted by molar-refractivity contribution is 6.05. The Bertz CT molecular complexity index is 632. The molecule has 3 amide bonds. The van der Waals surface area contributed by atoms with E-state index in [1.165, 1.54) is 0 Å². The van der Waals surface area contributed by atoms with E-state index in [1.54, 1.807) is 4.90 Å². The number of imide groups is 1. The quantitative estimate of drug-likeness (QED) is 0.786. The van der Waals surface area contributed by atoms with E-state index in [0.29, 0.717) is 25.1 Å². The van der Waals surface area contributed by atoms with E-state index in [0.717, 1.165) is 17.5 Å². The number of carbonyl (C=O) groups excluding carboxylic acids is 3. The van der Waals surface area contributed by atoms with Crippen molar-refractivity contribution in [2.45, 2.75) is 31.8 Å². The van der Waals surface area contributed by atoms with Crippen LogP contribution in [0.2, 0.25) is 0 Å². The first kappa shape index (κ1) is 16.5. The number of carbonyl (C=O) groups is 3. The zero-order chi connectivity index (χ0) is 15.0. The molecule has 0 saturated carbocycles. The number of nitrogens with one attached hydrogen (secondary N) is 1. The molecule has 118 valence electrons. The molecule has 0 radical (unpaired) electrons. The summed E-state index contributed by atoms with van der Waals surface area (Å²) >= 11 is 0. The highest BCUT2D eigenvalue weighted by atomic mass is 35.5. The summed E-state index contributed by atoms with van der Waals surface area (Å²) < 4.78 is 0. The monoisotopic (exact) mass is 323 g/mol. The Morgan fingerprint density at radius 2 is 2.05 bits per heavy atom. The minimum Gasteiger partial charge on any atom is -0.330 e. The molecule has 0 aromatic heterocycles. The minimum absolute atomic E-state index is 0. The second-order valence-electron chi connectivity index (χ2n) is 5.43. The van der Waals surface area contributed by atoms with E-state index >= 15 is 0 Å². The molecule has 2 aliphatic rings. The number of rotatable bonds is 3. The molecule has 1 fully saturated rings.